The first-order valence-corrected chi connectivity index (χ1v) is 9.09. The van der Waals surface area contributed by atoms with Crippen molar-refractivity contribution in [3.8, 4) is 0 Å². The first-order chi connectivity index (χ1) is 9.55. The third kappa shape index (κ3) is 2.16. The van der Waals surface area contributed by atoms with E-state index in [0.717, 1.165) is 51.4 Å². The molecule has 1 amide bonds. The molecule has 3 aliphatic rings. The molecule has 0 aromatic rings. The molecule has 0 aromatic heterocycles. The zero-order valence-corrected chi connectivity index (χ0v) is 12.4. The van der Waals surface area contributed by atoms with Gasteiger partial charge in [0, 0.05) is 6.04 Å². The maximum absolute atomic E-state index is 12.9. The summed E-state index contributed by atoms with van der Waals surface area (Å²) < 4.78 is 27.3. The number of amides is 1. The van der Waals surface area contributed by atoms with E-state index in [9.17, 15) is 13.2 Å². The molecule has 1 saturated heterocycles. The van der Waals surface area contributed by atoms with Gasteiger partial charge in [0.15, 0.2) is 0 Å². The summed E-state index contributed by atoms with van der Waals surface area (Å²) in [7, 11) is -3.38. The summed E-state index contributed by atoms with van der Waals surface area (Å²) in [4.78, 5) is 12.0. The number of rotatable bonds is 3. The predicted molar refractivity (Wildman–Crippen MR) is 74.9 cm³/mol. The van der Waals surface area contributed by atoms with Crippen LogP contribution in [0, 0.1) is 5.92 Å². The van der Waals surface area contributed by atoms with Gasteiger partial charge in [-0.1, -0.05) is 19.3 Å². The van der Waals surface area contributed by atoms with Crippen molar-refractivity contribution in [3.63, 3.8) is 0 Å². The Kier molecular flexibility index (Phi) is 3.77. The molecule has 114 valence electrons. The number of hydrogen-bond acceptors (Lipinski definition) is 4. The highest BCUT2D eigenvalue weighted by atomic mass is 32.2. The van der Waals surface area contributed by atoms with E-state index >= 15 is 0 Å². The van der Waals surface area contributed by atoms with E-state index in [2.05, 4.69) is 5.43 Å². The van der Waals surface area contributed by atoms with Crippen LogP contribution in [0.2, 0.25) is 0 Å². The van der Waals surface area contributed by atoms with Crippen LogP contribution >= 0.6 is 0 Å². The Hall–Kier alpha value is -0.660. The van der Waals surface area contributed by atoms with Gasteiger partial charge in [-0.25, -0.2) is 14.3 Å². The Bertz CT molecular complexity index is 487. The lowest BCUT2D eigenvalue weighted by molar-refractivity contribution is -0.126. The average molecular weight is 301 g/mol. The molecule has 1 aliphatic heterocycles. The standard InChI is InChI=1S/C13H23N3O3S/c14-15-13(17)12-9-6-7-10(8-9)16(12)20(18,19)11-4-2-1-3-5-11/h9-12H,1-8,14H2,(H,15,17)/t9-,10+,12-/m0/s1. The molecule has 3 N–H and O–H groups in total. The van der Waals surface area contributed by atoms with Gasteiger partial charge >= 0.3 is 0 Å². The van der Waals surface area contributed by atoms with Crippen molar-refractivity contribution < 1.29 is 13.2 Å². The van der Waals surface area contributed by atoms with Crippen molar-refractivity contribution in [2.45, 2.75) is 68.7 Å². The molecule has 3 rings (SSSR count). The average Bonchev–Trinajstić information content (AvgIpc) is 3.08. The van der Waals surface area contributed by atoms with Gasteiger partial charge in [-0.05, 0) is 38.0 Å². The molecule has 6 nitrogen and oxygen atoms in total. The van der Waals surface area contributed by atoms with Gasteiger partial charge in [0.2, 0.25) is 10.0 Å². The SMILES string of the molecule is NNC(=O)[C@@H]1[C@H]2CC[C@H](C2)N1S(=O)(=O)C1CCCCC1. The molecule has 0 aromatic carbocycles. The highest BCUT2D eigenvalue weighted by Gasteiger charge is 2.55. The van der Waals surface area contributed by atoms with Crippen LogP contribution in [-0.4, -0.2) is 36.0 Å². The maximum atomic E-state index is 12.9. The van der Waals surface area contributed by atoms with Crippen molar-refractivity contribution in [2.75, 3.05) is 0 Å². The summed E-state index contributed by atoms with van der Waals surface area (Å²) in [6.45, 7) is 0. The van der Waals surface area contributed by atoms with Crippen LogP contribution in [0.15, 0.2) is 0 Å². The fourth-order valence-corrected chi connectivity index (χ4v) is 6.73. The molecule has 3 atom stereocenters. The van der Waals surface area contributed by atoms with E-state index in [4.69, 9.17) is 5.84 Å². The summed E-state index contributed by atoms with van der Waals surface area (Å²) in [6.07, 6.45) is 7.14. The van der Waals surface area contributed by atoms with Gasteiger partial charge in [-0.15, -0.1) is 0 Å². The molecule has 2 bridgehead atoms. The first-order valence-electron chi connectivity index (χ1n) is 7.58. The minimum absolute atomic E-state index is 0.00854. The number of nitrogens with zero attached hydrogens (tertiary/aromatic N) is 1. The Morgan fingerprint density at radius 1 is 1.10 bits per heavy atom. The van der Waals surface area contributed by atoms with Crippen molar-refractivity contribution in [1.29, 1.82) is 0 Å². The summed E-state index contributed by atoms with van der Waals surface area (Å²) >= 11 is 0. The molecule has 2 aliphatic carbocycles. The van der Waals surface area contributed by atoms with Gasteiger partial charge in [0.1, 0.15) is 6.04 Å². The van der Waals surface area contributed by atoms with Gasteiger partial charge in [-0.3, -0.25) is 10.2 Å². The van der Waals surface area contributed by atoms with Crippen LogP contribution < -0.4 is 11.3 Å². The van der Waals surface area contributed by atoms with Gasteiger partial charge < -0.3 is 0 Å². The molecule has 1 heterocycles. The number of nitrogens with two attached hydrogens (primary N) is 1. The number of carbonyl (C=O) groups is 1. The Labute approximate surface area is 120 Å². The summed E-state index contributed by atoms with van der Waals surface area (Å²) in [5.74, 6) is 5.04. The second-order valence-electron chi connectivity index (χ2n) is 6.32. The topological polar surface area (TPSA) is 92.5 Å². The molecule has 0 radical (unpaired) electrons. The fraction of sp³-hybridized carbons (Fsp3) is 0.923. The summed E-state index contributed by atoms with van der Waals surface area (Å²) in [5.41, 5.74) is 2.15. The van der Waals surface area contributed by atoms with Gasteiger partial charge in [0.05, 0.1) is 5.25 Å². The minimum atomic E-state index is -3.38. The largest absolute Gasteiger partial charge is 0.293 e. The molecule has 0 unspecified atom stereocenters. The maximum Gasteiger partial charge on any atom is 0.252 e. The number of carbonyl (C=O) groups excluding carboxylic acids is 1. The Balaban J connectivity index is 1.88. The molecule has 2 saturated carbocycles. The number of nitrogens with one attached hydrogen (secondary N) is 1. The molecule has 7 heteroatoms. The second kappa shape index (κ2) is 5.27. The zero-order valence-electron chi connectivity index (χ0n) is 11.6. The van der Waals surface area contributed by atoms with E-state index in [-0.39, 0.29) is 23.1 Å². The van der Waals surface area contributed by atoms with E-state index in [0.29, 0.717) is 0 Å². The summed E-state index contributed by atoms with van der Waals surface area (Å²) in [6, 6.07) is -0.570. The highest BCUT2D eigenvalue weighted by molar-refractivity contribution is 7.89. The van der Waals surface area contributed by atoms with E-state index in [1.807, 2.05) is 0 Å². The molecule has 3 fully saturated rings. The normalized spacial score (nSPS) is 35.4. The van der Waals surface area contributed by atoms with Gasteiger partial charge in [-0.2, -0.15) is 4.31 Å². The van der Waals surface area contributed by atoms with E-state index < -0.39 is 16.1 Å². The van der Waals surface area contributed by atoms with Crippen LogP contribution in [0.1, 0.15) is 51.4 Å². The van der Waals surface area contributed by atoms with Crippen LogP contribution in [0.3, 0.4) is 0 Å². The Morgan fingerprint density at radius 3 is 2.45 bits per heavy atom. The lowest BCUT2D eigenvalue weighted by Crippen LogP contribution is -2.56. The first kappa shape index (κ1) is 14.3. The molecular formula is C13H23N3O3S. The third-order valence-electron chi connectivity index (χ3n) is 5.20. The van der Waals surface area contributed by atoms with Crippen molar-refractivity contribution >= 4 is 15.9 Å². The number of piperidine rings is 1. The van der Waals surface area contributed by atoms with Crippen molar-refractivity contribution in [2.24, 2.45) is 11.8 Å². The fourth-order valence-electron chi connectivity index (χ4n) is 4.26. The van der Waals surface area contributed by atoms with E-state index in [1.165, 1.54) is 4.31 Å². The number of fused-ring (bicyclic) bond motifs is 2. The zero-order chi connectivity index (χ0) is 14.3. The molecular weight excluding hydrogens is 278 g/mol. The Morgan fingerprint density at radius 2 is 1.80 bits per heavy atom. The predicted octanol–water partition coefficient (Wildman–Crippen LogP) is 0.492. The smallest absolute Gasteiger partial charge is 0.252 e. The van der Waals surface area contributed by atoms with Crippen LogP contribution in [-0.2, 0) is 14.8 Å². The lowest BCUT2D eigenvalue weighted by Gasteiger charge is -2.36. The van der Waals surface area contributed by atoms with E-state index in [1.54, 1.807) is 0 Å². The minimum Gasteiger partial charge on any atom is -0.293 e. The van der Waals surface area contributed by atoms with Crippen molar-refractivity contribution in [3.05, 3.63) is 0 Å². The van der Waals surface area contributed by atoms with Crippen LogP contribution in [0.5, 0.6) is 0 Å². The highest BCUT2D eigenvalue weighted by Crippen LogP contribution is 2.45. The number of hydrazine groups is 1. The summed E-state index contributed by atoms with van der Waals surface area (Å²) in [5, 5.41) is -0.302. The van der Waals surface area contributed by atoms with Crippen LogP contribution in [0.25, 0.3) is 0 Å². The monoisotopic (exact) mass is 301 g/mol. The quantitative estimate of drug-likeness (QED) is 0.451. The number of sulfonamides is 1. The third-order valence-corrected chi connectivity index (χ3v) is 7.63. The van der Waals surface area contributed by atoms with Gasteiger partial charge in [0.25, 0.3) is 5.91 Å². The number of hydrogen-bond donors (Lipinski definition) is 2. The van der Waals surface area contributed by atoms with Crippen LogP contribution in [0.4, 0.5) is 0 Å². The second-order valence-corrected chi connectivity index (χ2v) is 8.43. The molecule has 0 spiro atoms. The van der Waals surface area contributed by atoms with Crippen molar-refractivity contribution in [1.82, 2.24) is 9.73 Å². The molecule has 20 heavy (non-hydrogen) atoms. The lowest BCUT2D eigenvalue weighted by atomic mass is 9.99.